The summed E-state index contributed by atoms with van der Waals surface area (Å²) in [5, 5.41) is 0. The first-order valence-electron chi connectivity index (χ1n) is 7.62. The number of fused-ring (bicyclic) bond motifs is 1. The number of Topliss-reactive ketones (excluding diaryl/α,β-unsaturated/α-hetero) is 1. The highest BCUT2D eigenvalue weighted by atomic mass is 16.5. The van der Waals surface area contributed by atoms with E-state index in [-0.39, 0.29) is 11.5 Å². The summed E-state index contributed by atoms with van der Waals surface area (Å²) in [7, 11) is 1.29. The number of hydrogen-bond donors (Lipinski definition) is 0. The van der Waals surface area contributed by atoms with E-state index in [1.807, 2.05) is 12.1 Å². The average Bonchev–Trinajstić information content (AvgIpc) is 2.95. The summed E-state index contributed by atoms with van der Waals surface area (Å²) in [6.45, 7) is 4.03. The first kappa shape index (κ1) is 16.5. The maximum atomic E-state index is 12.5. The van der Waals surface area contributed by atoms with Crippen LogP contribution >= 0.6 is 0 Å². The predicted octanol–water partition coefficient (Wildman–Crippen LogP) is 3.65. The van der Waals surface area contributed by atoms with Crippen molar-refractivity contribution in [1.29, 1.82) is 0 Å². The van der Waals surface area contributed by atoms with Crippen molar-refractivity contribution < 1.29 is 23.8 Å². The zero-order chi connectivity index (χ0) is 17.8. The molecule has 0 atom stereocenters. The van der Waals surface area contributed by atoms with E-state index in [1.54, 1.807) is 36.4 Å². The van der Waals surface area contributed by atoms with Crippen LogP contribution < -0.4 is 9.47 Å². The number of ketones is 1. The van der Waals surface area contributed by atoms with Gasteiger partial charge in [0.2, 0.25) is 5.78 Å². The lowest BCUT2D eigenvalue weighted by Gasteiger charge is -2.03. The number of methoxy groups -OCH3 is 1. The number of allylic oxidation sites excluding steroid dienone is 1. The fourth-order valence-corrected chi connectivity index (χ4v) is 2.40. The summed E-state index contributed by atoms with van der Waals surface area (Å²) in [6, 6.07) is 11.9. The third-order valence-electron chi connectivity index (χ3n) is 3.63. The van der Waals surface area contributed by atoms with Crippen LogP contribution in [0.5, 0.6) is 11.5 Å². The van der Waals surface area contributed by atoms with Crippen LogP contribution in [0.25, 0.3) is 6.08 Å². The first-order chi connectivity index (χ1) is 12.1. The molecule has 0 saturated heterocycles. The summed E-state index contributed by atoms with van der Waals surface area (Å²) >= 11 is 0. The van der Waals surface area contributed by atoms with Crippen LogP contribution in [-0.4, -0.2) is 25.5 Å². The van der Waals surface area contributed by atoms with E-state index < -0.39 is 5.97 Å². The summed E-state index contributed by atoms with van der Waals surface area (Å²) in [6.07, 6.45) is 3.32. The number of rotatable bonds is 5. The zero-order valence-electron chi connectivity index (χ0n) is 13.7. The monoisotopic (exact) mass is 336 g/mol. The number of ether oxygens (including phenoxy) is 3. The lowest BCUT2D eigenvalue weighted by molar-refractivity contribution is 0.0600. The fraction of sp³-hybridized carbons (Fsp3) is 0.100. The standard InChI is InChI=1S/C20H16O5/c1-3-10-24-15-7-4-13(5-8-15)11-18-19(21)16-12-14(20(22)23-2)6-9-17(16)25-18/h3-9,11-12H,1,10H2,2H3/b18-11+. The van der Waals surface area contributed by atoms with Crippen molar-refractivity contribution in [2.75, 3.05) is 13.7 Å². The van der Waals surface area contributed by atoms with Gasteiger partial charge < -0.3 is 14.2 Å². The Labute approximate surface area is 145 Å². The predicted molar refractivity (Wildman–Crippen MR) is 92.9 cm³/mol. The van der Waals surface area contributed by atoms with Gasteiger partial charge in [-0.3, -0.25) is 4.79 Å². The molecule has 0 bridgehead atoms. The molecule has 0 aliphatic carbocycles. The van der Waals surface area contributed by atoms with Crippen molar-refractivity contribution in [1.82, 2.24) is 0 Å². The van der Waals surface area contributed by atoms with E-state index in [0.29, 0.717) is 29.2 Å². The topological polar surface area (TPSA) is 61.8 Å². The Morgan fingerprint density at radius 1 is 1.20 bits per heavy atom. The molecule has 1 aliphatic heterocycles. The molecule has 2 aromatic carbocycles. The number of carbonyl (C=O) groups is 2. The number of hydrogen-bond acceptors (Lipinski definition) is 5. The van der Waals surface area contributed by atoms with E-state index in [0.717, 1.165) is 5.56 Å². The van der Waals surface area contributed by atoms with Crippen molar-refractivity contribution in [2.24, 2.45) is 0 Å². The molecule has 5 nitrogen and oxygen atoms in total. The molecule has 1 aliphatic rings. The highest BCUT2D eigenvalue weighted by Gasteiger charge is 2.28. The van der Waals surface area contributed by atoms with Crippen LogP contribution in [0, 0.1) is 0 Å². The summed E-state index contributed by atoms with van der Waals surface area (Å²) in [5.74, 6) is 0.578. The molecule has 0 N–H and O–H groups in total. The van der Waals surface area contributed by atoms with Crippen LogP contribution in [-0.2, 0) is 4.74 Å². The minimum absolute atomic E-state index is 0.205. The quantitative estimate of drug-likeness (QED) is 0.474. The van der Waals surface area contributed by atoms with Crippen molar-refractivity contribution >= 4 is 17.8 Å². The van der Waals surface area contributed by atoms with Gasteiger partial charge in [-0.2, -0.15) is 0 Å². The van der Waals surface area contributed by atoms with Gasteiger partial charge in [-0.1, -0.05) is 24.8 Å². The molecule has 3 rings (SSSR count). The zero-order valence-corrected chi connectivity index (χ0v) is 13.7. The van der Waals surface area contributed by atoms with Gasteiger partial charge in [0.15, 0.2) is 5.76 Å². The number of esters is 1. The first-order valence-corrected chi connectivity index (χ1v) is 7.62. The average molecular weight is 336 g/mol. The van der Waals surface area contributed by atoms with Crippen molar-refractivity contribution in [3.05, 3.63) is 77.6 Å². The molecule has 0 aromatic heterocycles. The van der Waals surface area contributed by atoms with Crippen molar-refractivity contribution in [2.45, 2.75) is 0 Å². The van der Waals surface area contributed by atoms with Crippen LogP contribution in [0.2, 0.25) is 0 Å². The van der Waals surface area contributed by atoms with Crippen LogP contribution in [0.1, 0.15) is 26.3 Å². The summed E-state index contributed by atoms with van der Waals surface area (Å²) in [4.78, 5) is 24.1. The second-order valence-electron chi connectivity index (χ2n) is 5.31. The van der Waals surface area contributed by atoms with Crippen LogP contribution in [0.4, 0.5) is 0 Å². The van der Waals surface area contributed by atoms with Gasteiger partial charge in [-0.05, 0) is 42.0 Å². The maximum absolute atomic E-state index is 12.5. The third kappa shape index (κ3) is 3.45. The molecule has 0 amide bonds. The molecule has 0 saturated carbocycles. The van der Waals surface area contributed by atoms with Gasteiger partial charge >= 0.3 is 5.97 Å². The van der Waals surface area contributed by atoms with Crippen molar-refractivity contribution in [3.8, 4) is 11.5 Å². The second kappa shape index (κ2) is 7.05. The van der Waals surface area contributed by atoms with Crippen LogP contribution in [0.3, 0.4) is 0 Å². The molecule has 0 radical (unpaired) electrons. The highest BCUT2D eigenvalue weighted by Crippen LogP contribution is 2.32. The molecular formula is C20H16O5. The van der Waals surface area contributed by atoms with Gasteiger partial charge in [0, 0.05) is 0 Å². The van der Waals surface area contributed by atoms with E-state index in [1.165, 1.54) is 13.2 Å². The molecule has 0 fully saturated rings. The second-order valence-corrected chi connectivity index (χ2v) is 5.31. The normalized spacial score (nSPS) is 14.0. The molecular weight excluding hydrogens is 320 g/mol. The Balaban J connectivity index is 1.82. The van der Waals surface area contributed by atoms with E-state index >= 15 is 0 Å². The van der Waals surface area contributed by atoms with Gasteiger partial charge in [0.05, 0.1) is 18.2 Å². The number of carbonyl (C=O) groups excluding carboxylic acids is 2. The minimum atomic E-state index is -0.497. The Hall–Kier alpha value is -3.34. The molecule has 0 unspecified atom stereocenters. The van der Waals surface area contributed by atoms with E-state index in [2.05, 4.69) is 11.3 Å². The van der Waals surface area contributed by atoms with Gasteiger partial charge in [-0.25, -0.2) is 4.79 Å². The third-order valence-corrected chi connectivity index (χ3v) is 3.63. The van der Waals surface area contributed by atoms with Crippen molar-refractivity contribution in [3.63, 3.8) is 0 Å². The molecule has 1 heterocycles. The van der Waals surface area contributed by atoms with Gasteiger partial charge in [0.1, 0.15) is 18.1 Å². The Morgan fingerprint density at radius 3 is 2.64 bits per heavy atom. The lowest BCUT2D eigenvalue weighted by Crippen LogP contribution is -2.02. The Bertz CT molecular complexity index is 862. The smallest absolute Gasteiger partial charge is 0.337 e. The highest BCUT2D eigenvalue weighted by molar-refractivity contribution is 6.15. The Morgan fingerprint density at radius 2 is 1.96 bits per heavy atom. The summed E-state index contributed by atoms with van der Waals surface area (Å²) in [5.41, 5.74) is 1.46. The molecule has 2 aromatic rings. The molecule has 0 spiro atoms. The summed E-state index contributed by atoms with van der Waals surface area (Å²) < 4.78 is 15.7. The van der Waals surface area contributed by atoms with E-state index in [4.69, 9.17) is 9.47 Å². The maximum Gasteiger partial charge on any atom is 0.337 e. The largest absolute Gasteiger partial charge is 0.490 e. The number of benzene rings is 2. The SMILES string of the molecule is C=CCOc1ccc(/C=C2/Oc3ccc(C(=O)OC)cc3C2=O)cc1. The minimum Gasteiger partial charge on any atom is -0.490 e. The molecule has 126 valence electrons. The van der Waals surface area contributed by atoms with Crippen LogP contribution in [0.15, 0.2) is 60.9 Å². The molecule has 25 heavy (non-hydrogen) atoms. The fourth-order valence-electron chi connectivity index (χ4n) is 2.40. The molecule has 5 heteroatoms. The van der Waals surface area contributed by atoms with E-state index in [9.17, 15) is 9.59 Å². The van der Waals surface area contributed by atoms with Gasteiger partial charge in [0.25, 0.3) is 0 Å². The van der Waals surface area contributed by atoms with Gasteiger partial charge in [-0.15, -0.1) is 0 Å². The Kier molecular flexibility index (Phi) is 4.66. The lowest BCUT2D eigenvalue weighted by atomic mass is 10.1.